The van der Waals surface area contributed by atoms with E-state index >= 15 is 0 Å². The number of benzene rings is 1. The van der Waals surface area contributed by atoms with E-state index in [2.05, 4.69) is 36.7 Å². The van der Waals surface area contributed by atoms with Crippen LogP contribution in [0.4, 0.5) is 5.69 Å². The van der Waals surface area contributed by atoms with E-state index in [1.165, 1.54) is 0 Å². The highest BCUT2D eigenvalue weighted by Crippen LogP contribution is 2.35. The maximum atomic E-state index is 12.3. The molecule has 0 aliphatic carbocycles. The first-order valence-electron chi connectivity index (χ1n) is 7.59. The summed E-state index contributed by atoms with van der Waals surface area (Å²) < 4.78 is 0.971. The van der Waals surface area contributed by atoms with Gasteiger partial charge in [-0.25, -0.2) is 0 Å². The van der Waals surface area contributed by atoms with Crippen LogP contribution in [0.2, 0.25) is 0 Å². The van der Waals surface area contributed by atoms with Crippen molar-refractivity contribution in [1.29, 1.82) is 0 Å². The number of hydrogen-bond acceptors (Lipinski definition) is 2. The summed E-state index contributed by atoms with van der Waals surface area (Å²) in [6.07, 6.45) is 2.72. The van der Waals surface area contributed by atoms with E-state index in [0.29, 0.717) is 18.9 Å². The maximum Gasteiger partial charge on any atom is 0.222 e. The van der Waals surface area contributed by atoms with Gasteiger partial charge in [0, 0.05) is 29.7 Å². The fourth-order valence-corrected chi connectivity index (χ4v) is 3.36. The lowest BCUT2D eigenvalue weighted by molar-refractivity contribution is -0.131. The zero-order chi connectivity index (χ0) is 15.6. The van der Waals surface area contributed by atoms with Crippen LogP contribution in [0.5, 0.6) is 0 Å². The molecule has 0 radical (unpaired) electrons. The minimum Gasteiger partial charge on any atom is -0.398 e. The number of carbonyl (C=O) groups is 1. The molecule has 1 aromatic carbocycles. The molecule has 0 aromatic heterocycles. The van der Waals surface area contributed by atoms with Crippen LogP contribution in [0.15, 0.2) is 22.7 Å². The maximum absolute atomic E-state index is 12.3. The number of rotatable bonds is 2. The number of nitrogen functional groups attached to an aromatic ring is 1. The normalized spacial score (nSPS) is 20.5. The third kappa shape index (κ3) is 4.22. The molecule has 1 aliphatic heterocycles. The number of anilines is 1. The van der Waals surface area contributed by atoms with Gasteiger partial charge in [0.1, 0.15) is 0 Å². The standard InChI is InChI=1S/C17H25BrN2O/c1-17(2,3)13-5-7-16(21)20(9-8-13)11-12-4-6-14(18)10-15(12)19/h4,6,10,13H,5,7-9,11,19H2,1-3H3. The predicted octanol–water partition coefficient (Wildman–Crippen LogP) is 4.21. The van der Waals surface area contributed by atoms with Gasteiger partial charge < -0.3 is 10.6 Å². The number of nitrogens with zero attached hydrogens (tertiary/aromatic N) is 1. The van der Waals surface area contributed by atoms with Gasteiger partial charge in [-0.1, -0.05) is 42.8 Å². The van der Waals surface area contributed by atoms with Crippen LogP contribution >= 0.6 is 15.9 Å². The summed E-state index contributed by atoms with van der Waals surface area (Å²) >= 11 is 3.41. The second-order valence-electron chi connectivity index (χ2n) is 7.05. The zero-order valence-electron chi connectivity index (χ0n) is 13.2. The van der Waals surface area contributed by atoms with Gasteiger partial charge in [-0.15, -0.1) is 0 Å². The predicted molar refractivity (Wildman–Crippen MR) is 90.8 cm³/mol. The Balaban J connectivity index is 2.08. The molecule has 1 aromatic rings. The molecule has 3 nitrogen and oxygen atoms in total. The fraction of sp³-hybridized carbons (Fsp3) is 0.588. The third-order valence-electron chi connectivity index (χ3n) is 4.50. The molecular weight excluding hydrogens is 328 g/mol. The molecule has 0 bridgehead atoms. The second-order valence-corrected chi connectivity index (χ2v) is 7.96. The summed E-state index contributed by atoms with van der Waals surface area (Å²) in [7, 11) is 0. The lowest BCUT2D eigenvalue weighted by atomic mass is 9.77. The van der Waals surface area contributed by atoms with E-state index in [4.69, 9.17) is 5.73 Å². The lowest BCUT2D eigenvalue weighted by Gasteiger charge is -2.29. The van der Waals surface area contributed by atoms with Crippen LogP contribution in [0.3, 0.4) is 0 Å². The van der Waals surface area contributed by atoms with Crippen LogP contribution in [-0.4, -0.2) is 17.4 Å². The smallest absolute Gasteiger partial charge is 0.222 e. The van der Waals surface area contributed by atoms with Crippen molar-refractivity contribution in [2.24, 2.45) is 11.3 Å². The number of halogens is 1. The van der Waals surface area contributed by atoms with Gasteiger partial charge in [-0.2, -0.15) is 0 Å². The Hall–Kier alpha value is -1.03. The van der Waals surface area contributed by atoms with Crippen LogP contribution in [0.1, 0.15) is 45.6 Å². The van der Waals surface area contributed by atoms with E-state index in [1.54, 1.807) is 0 Å². The van der Waals surface area contributed by atoms with Gasteiger partial charge in [-0.05, 0) is 41.9 Å². The van der Waals surface area contributed by atoms with Gasteiger partial charge >= 0.3 is 0 Å². The Labute approximate surface area is 136 Å². The van der Waals surface area contributed by atoms with Crippen LogP contribution < -0.4 is 5.73 Å². The van der Waals surface area contributed by atoms with Gasteiger partial charge in [0.05, 0.1) is 0 Å². The average Bonchev–Trinajstić information content (AvgIpc) is 2.55. The molecule has 1 unspecified atom stereocenters. The minimum absolute atomic E-state index is 0.254. The van der Waals surface area contributed by atoms with Crippen molar-refractivity contribution in [3.8, 4) is 0 Å². The van der Waals surface area contributed by atoms with Crippen molar-refractivity contribution in [1.82, 2.24) is 4.90 Å². The van der Waals surface area contributed by atoms with Crippen LogP contribution in [0.25, 0.3) is 0 Å². The molecule has 1 aliphatic rings. The molecule has 1 atom stereocenters. The van der Waals surface area contributed by atoms with Crippen molar-refractivity contribution in [3.05, 3.63) is 28.2 Å². The molecule has 1 amide bonds. The Kier molecular flexibility index (Phi) is 4.97. The van der Waals surface area contributed by atoms with Crippen molar-refractivity contribution < 1.29 is 4.79 Å². The summed E-state index contributed by atoms with van der Waals surface area (Å²) in [6.45, 7) is 8.25. The Morgan fingerprint density at radius 2 is 2.05 bits per heavy atom. The van der Waals surface area contributed by atoms with Crippen LogP contribution in [0, 0.1) is 11.3 Å². The molecule has 2 rings (SSSR count). The summed E-state index contributed by atoms with van der Waals surface area (Å²) in [6, 6.07) is 5.88. The molecule has 1 fully saturated rings. The number of amides is 1. The molecule has 0 saturated carbocycles. The molecule has 0 spiro atoms. The quantitative estimate of drug-likeness (QED) is 0.810. The topological polar surface area (TPSA) is 46.3 Å². The lowest BCUT2D eigenvalue weighted by Crippen LogP contribution is -2.30. The SMILES string of the molecule is CC(C)(C)C1CCC(=O)N(Cc2ccc(Br)cc2N)CC1. The van der Waals surface area contributed by atoms with Crippen molar-refractivity contribution in [2.75, 3.05) is 12.3 Å². The van der Waals surface area contributed by atoms with E-state index in [9.17, 15) is 4.79 Å². The third-order valence-corrected chi connectivity index (χ3v) is 4.99. The van der Waals surface area contributed by atoms with Crippen molar-refractivity contribution in [2.45, 2.75) is 46.6 Å². The van der Waals surface area contributed by atoms with Gasteiger partial charge in [0.2, 0.25) is 5.91 Å². The van der Waals surface area contributed by atoms with E-state index in [-0.39, 0.29) is 11.3 Å². The highest BCUT2D eigenvalue weighted by atomic mass is 79.9. The molecule has 116 valence electrons. The largest absolute Gasteiger partial charge is 0.398 e. The first-order chi connectivity index (χ1) is 9.77. The number of likely N-dealkylation sites (tertiary alicyclic amines) is 1. The molecule has 2 N–H and O–H groups in total. The Morgan fingerprint density at radius 1 is 1.33 bits per heavy atom. The summed E-state index contributed by atoms with van der Waals surface area (Å²) in [5, 5.41) is 0. The Morgan fingerprint density at radius 3 is 2.67 bits per heavy atom. The van der Waals surface area contributed by atoms with E-state index in [0.717, 1.165) is 35.1 Å². The highest BCUT2D eigenvalue weighted by molar-refractivity contribution is 9.10. The molecular formula is C17H25BrN2O. The van der Waals surface area contributed by atoms with Crippen molar-refractivity contribution >= 4 is 27.5 Å². The molecule has 21 heavy (non-hydrogen) atoms. The highest BCUT2D eigenvalue weighted by Gasteiger charge is 2.30. The average molecular weight is 353 g/mol. The minimum atomic E-state index is 0.254. The second kappa shape index (κ2) is 6.39. The zero-order valence-corrected chi connectivity index (χ0v) is 14.7. The van der Waals surface area contributed by atoms with E-state index < -0.39 is 0 Å². The van der Waals surface area contributed by atoms with Gasteiger partial charge in [0.25, 0.3) is 0 Å². The first-order valence-corrected chi connectivity index (χ1v) is 8.38. The van der Waals surface area contributed by atoms with Crippen molar-refractivity contribution in [3.63, 3.8) is 0 Å². The van der Waals surface area contributed by atoms with Crippen LogP contribution in [-0.2, 0) is 11.3 Å². The monoisotopic (exact) mass is 352 g/mol. The summed E-state index contributed by atoms with van der Waals surface area (Å²) in [4.78, 5) is 14.3. The Bertz CT molecular complexity index is 522. The summed E-state index contributed by atoms with van der Waals surface area (Å²) in [5.41, 5.74) is 8.10. The number of hydrogen-bond donors (Lipinski definition) is 1. The van der Waals surface area contributed by atoms with E-state index in [1.807, 2.05) is 23.1 Å². The molecule has 1 saturated heterocycles. The van der Waals surface area contributed by atoms with Gasteiger partial charge in [0.15, 0.2) is 0 Å². The first kappa shape index (κ1) is 16.3. The van der Waals surface area contributed by atoms with Gasteiger partial charge in [-0.3, -0.25) is 4.79 Å². The molecule has 1 heterocycles. The summed E-state index contributed by atoms with van der Waals surface area (Å²) in [5.74, 6) is 0.859. The fourth-order valence-electron chi connectivity index (χ4n) is 2.99. The number of nitrogens with two attached hydrogens (primary N) is 1. The number of carbonyl (C=O) groups excluding carboxylic acids is 1. The molecule has 4 heteroatoms.